The number of amides is 1. The van der Waals surface area contributed by atoms with Gasteiger partial charge in [-0.15, -0.1) is 10.2 Å². The zero-order valence-electron chi connectivity index (χ0n) is 12.8. The van der Waals surface area contributed by atoms with E-state index in [0.29, 0.717) is 36.1 Å². The normalized spacial score (nSPS) is 18.5. The van der Waals surface area contributed by atoms with Gasteiger partial charge in [0.1, 0.15) is 5.82 Å². The van der Waals surface area contributed by atoms with Crippen LogP contribution in [0.5, 0.6) is 0 Å². The first kappa shape index (κ1) is 14.6. The molecule has 1 amide bonds. The summed E-state index contributed by atoms with van der Waals surface area (Å²) in [4.78, 5) is 22.0. The lowest BCUT2D eigenvalue weighted by atomic mass is 9.98. The van der Waals surface area contributed by atoms with E-state index in [1.165, 1.54) is 0 Å². The molecule has 3 rings (SSSR count). The Morgan fingerprint density at radius 3 is 2.86 bits per heavy atom. The molecule has 116 valence electrons. The average Bonchev–Trinajstić information content (AvgIpc) is 3.05. The van der Waals surface area contributed by atoms with Crippen LogP contribution in [0.1, 0.15) is 43.8 Å². The Morgan fingerprint density at radius 1 is 1.36 bits per heavy atom. The quantitative estimate of drug-likeness (QED) is 0.861. The van der Waals surface area contributed by atoms with Crippen molar-refractivity contribution in [3.8, 4) is 11.5 Å². The molecule has 1 atom stereocenters. The van der Waals surface area contributed by atoms with Crippen molar-refractivity contribution in [2.24, 2.45) is 0 Å². The Bertz CT molecular complexity index is 652. The maximum atomic E-state index is 11.8. The van der Waals surface area contributed by atoms with Crippen LogP contribution >= 0.6 is 0 Å². The van der Waals surface area contributed by atoms with Gasteiger partial charge in [0.15, 0.2) is 0 Å². The first-order valence-electron chi connectivity index (χ1n) is 7.57. The van der Waals surface area contributed by atoms with E-state index < -0.39 is 0 Å². The molecule has 1 aliphatic rings. The highest BCUT2D eigenvalue weighted by atomic mass is 16.4. The van der Waals surface area contributed by atoms with E-state index in [4.69, 9.17) is 4.42 Å². The third-order valence-electron chi connectivity index (χ3n) is 3.89. The van der Waals surface area contributed by atoms with Crippen molar-refractivity contribution in [2.45, 2.75) is 39.0 Å². The zero-order valence-corrected chi connectivity index (χ0v) is 12.8. The van der Waals surface area contributed by atoms with Crippen LogP contribution in [0.3, 0.4) is 0 Å². The van der Waals surface area contributed by atoms with E-state index in [9.17, 15) is 4.79 Å². The summed E-state index contributed by atoms with van der Waals surface area (Å²) in [5.74, 6) is 2.00. The maximum Gasteiger partial charge on any atom is 0.250 e. The first-order chi connectivity index (χ1) is 10.7. The van der Waals surface area contributed by atoms with Gasteiger partial charge in [-0.1, -0.05) is 6.92 Å². The molecule has 2 aromatic heterocycles. The van der Waals surface area contributed by atoms with Gasteiger partial charge in [-0.3, -0.25) is 4.79 Å². The topological polar surface area (TPSA) is 85.0 Å². The number of carbonyl (C=O) groups is 1. The third-order valence-corrected chi connectivity index (χ3v) is 3.89. The molecule has 22 heavy (non-hydrogen) atoms. The van der Waals surface area contributed by atoms with Crippen molar-refractivity contribution in [2.75, 3.05) is 13.1 Å². The number of likely N-dealkylation sites (tertiary alicyclic amines) is 1. The fourth-order valence-electron chi connectivity index (χ4n) is 2.65. The number of nitrogens with zero attached hydrogens (tertiary/aromatic N) is 5. The number of carbonyl (C=O) groups excluding carboxylic acids is 1. The lowest BCUT2D eigenvalue weighted by Gasteiger charge is -2.30. The summed E-state index contributed by atoms with van der Waals surface area (Å²) in [6.45, 7) is 5.17. The van der Waals surface area contributed by atoms with E-state index in [1.54, 1.807) is 12.4 Å². The molecule has 0 aliphatic carbocycles. The van der Waals surface area contributed by atoms with Gasteiger partial charge in [-0.05, 0) is 19.8 Å². The fourth-order valence-corrected chi connectivity index (χ4v) is 2.65. The minimum atomic E-state index is 0.108. The molecule has 3 heterocycles. The monoisotopic (exact) mass is 301 g/mol. The largest absolute Gasteiger partial charge is 0.420 e. The summed E-state index contributed by atoms with van der Waals surface area (Å²) >= 11 is 0. The van der Waals surface area contributed by atoms with Gasteiger partial charge in [-0.2, -0.15) is 0 Å². The second kappa shape index (κ2) is 6.21. The molecule has 7 nitrogen and oxygen atoms in total. The SMILES string of the molecule is CCC(=O)N1CCCC(c2nnc(-c3cnc(C)nc3)o2)C1. The highest BCUT2D eigenvalue weighted by Gasteiger charge is 2.27. The molecule has 0 N–H and O–H groups in total. The van der Waals surface area contributed by atoms with E-state index in [0.717, 1.165) is 19.4 Å². The summed E-state index contributed by atoms with van der Waals surface area (Å²) in [6, 6.07) is 0. The van der Waals surface area contributed by atoms with Crippen LogP contribution in [0.2, 0.25) is 0 Å². The average molecular weight is 301 g/mol. The minimum Gasteiger partial charge on any atom is -0.420 e. The van der Waals surface area contributed by atoms with E-state index >= 15 is 0 Å². The molecule has 0 radical (unpaired) electrons. The zero-order chi connectivity index (χ0) is 15.5. The standard InChI is InChI=1S/C15H19N5O2/c1-3-13(21)20-6-4-5-11(9-20)14-18-19-15(22-14)12-7-16-10(2)17-8-12/h7-8,11H,3-6,9H2,1-2H3. The van der Waals surface area contributed by atoms with Crippen molar-refractivity contribution in [3.63, 3.8) is 0 Å². The third kappa shape index (κ3) is 2.98. The molecular weight excluding hydrogens is 282 g/mol. The van der Waals surface area contributed by atoms with Crippen molar-refractivity contribution in [1.82, 2.24) is 25.1 Å². The van der Waals surface area contributed by atoms with Crippen LogP contribution in [-0.4, -0.2) is 44.1 Å². The summed E-state index contributed by atoms with van der Waals surface area (Å²) in [6.07, 6.45) is 5.80. The maximum absolute atomic E-state index is 11.8. The van der Waals surface area contributed by atoms with Crippen LogP contribution in [0.25, 0.3) is 11.5 Å². The molecule has 1 unspecified atom stereocenters. The van der Waals surface area contributed by atoms with Crippen LogP contribution in [0, 0.1) is 6.92 Å². The lowest BCUT2D eigenvalue weighted by Crippen LogP contribution is -2.38. The second-order valence-corrected chi connectivity index (χ2v) is 5.50. The van der Waals surface area contributed by atoms with Crippen molar-refractivity contribution >= 4 is 5.91 Å². The van der Waals surface area contributed by atoms with Crippen molar-refractivity contribution < 1.29 is 9.21 Å². The Balaban J connectivity index is 1.75. The van der Waals surface area contributed by atoms with Gasteiger partial charge < -0.3 is 9.32 Å². The smallest absolute Gasteiger partial charge is 0.250 e. The van der Waals surface area contributed by atoms with E-state index in [1.807, 2.05) is 18.7 Å². The number of rotatable bonds is 3. The molecule has 0 spiro atoms. The summed E-state index contributed by atoms with van der Waals surface area (Å²) < 4.78 is 5.77. The minimum absolute atomic E-state index is 0.108. The predicted molar refractivity (Wildman–Crippen MR) is 78.9 cm³/mol. The second-order valence-electron chi connectivity index (χ2n) is 5.50. The Kier molecular flexibility index (Phi) is 4.13. The highest BCUT2D eigenvalue weighted by molar-refractivity contribution is 5.75. The lowest BCUT2D eigenvalue weighted by molar-refractivity contribution is -0.132. The summed E-state index contributed by atoms with van der Waals surface area (Å²) in [5.41, 5.74) is 0.710. The molecule has 1 fully saturated rings. The summed E-state index contributed by atoms with van der Waals surface area (Å²) in [7, 11) is 0. The summed E-state index contributed by atoms with van der Waals surface area (Å²) in [5, 5.41) is 8.23. The Labute approximate surface area is 128 Å². The molecule has 7 heteroatoms. The number of piperidine rings is 1. The van der Waals surface area contributed by atoms with Crippen molar-refractivity contribution in [3.05, 3.63) is 24.1 Å². The van der Waals surface area contributed by atoms with Crippen LogP contribution in [0.4, 0.5) is 0 Å². The molecule has 0 bridgehead atoms. The Morgan fingerprint density at radius 2 is 2.14 bits per heavy atom. The van der Waals surface area contributed by atoms with Gasteiger partial charge in [0.2, 0.25) is 11.8 Å². The molecule has 1 saturated heterocycles. The number of aromatic nitrogens is 4. The van der Waals surface area contributed by atoms with Gasteiger partial charge in [0.25, 0.3) is 5.89 Å². The van der Waals surface area contributed by atoms with E-state index in [2.05, 4.69) is 20.2 Å². The molecule has 0 aromatic carbocycles. The van der Waals surface area contributed by atoms with Gasteiger partial charge in [-0.25, -0.2) is 9.97 Å². The van der Waals surface area contributed by atoms with Gasteiger partial charge in [0, 0.05) is 31.9 Å². The van der Waals surface area contributed by atoms with Crippen LogP contribution in [-0.2, 0) is 4.79 Å². The van der Waals surface area contributed by atoms with Crippen LogP contribution in [0.15, 0.2) is 16.8 Å². The molecular formula is C15H19N5O2. The van der Waals surface area contributed by atoms with Crippen molar-refractivity contribution in [1.29, 1.82) is 0 Å². The predicted octanol–water partition coefficient (Wildman–Crippen LogP) is 1.95. The Hall–Kier alpha value is -2.31. The van der Waals surface area contributed by atoms with Gasteiger partial charge in [0.05, 0.1) is 11.5 Å². The highest BCUT2D eigenvalue weighted by Crippen LogP contribution is 2.28. The number of hydrogen-bond acceptors (Lipinski definition) is 6. The number of aryl methyl sites for hydroxylation is 1. The van der Waals surface area contributed by atoms with Gasteiger partial charge >= 0.3 is 0 Å². The number of hydrogen-bond donors (Lipinski definition) is 0. The molecule has 2 aromatic rings. The molecule has 0 saturated carbocycles. The van der Waals surface area contributed by atoms with E-state index in [-0.39, 0.29) is 11.8 Å². The first-order valence-corrected chi connectivity index (χ1v) is 7.57. The van der Waals surface area contributed by atoms with Crippen LogP contribution < -0.4 is 0 Å². The molecule has 1 aliphatic heterocycles. The fraction of sp³-hybridized carbons (Fsp3) is 0.533.